The molecule has 23 heavy (non-hydrogen) atoms. The smallest absolute Gasteiger partial charge is 0.316 e. The van der Waals surface area contributed by atoms with Crippen LogP contribution >= 0.6 is 0 Å². The van der Waals surface area contributed by atoms with Crippen molar-refractivity contribution in [1.29, 1.82) is 0 Å². The Kier molecular flexibility index (Phi) is 4.63. The Morgan fingerprint density at radius 2 is 2.26 bits per heavy atom. The van der Waals surface area contributed by atoms with Gasteiger partial charge in [0.2, 0.25) is 0 Å². The van der Waals surface area contributed by atoms with E-state index >= 15 is 0 Å². The van der Waals surface area contributed by atoms with E-state index in [1.54, 1.807) is 12.1 Å². The summed E-state index contributed by atoms with van der Waals surface area (Å²) in [6.45, 7) is 2.77. The number of amides is 1. The summed E-state index contributed by atoms with van der Waals surface area (Å²) >= 11 is 0. The van der Waals surface area contributed by atoms with Gasteiger partial charge in [0.1, 0.15) is 5.82 Å². The van der Waals surface area contributed by atoms with Crippen molar-refractivity contribution in [2.45, 2.75) is 12.6 Å². The van der Waals surface area contributed by atoms with Gasteiger partial charge in [-0.15, -0.1) is 0 Å². The number of benzene rings is 1. The van der Waals surface area contributed by atoms with Crippen LogP contribution < -0.4 is 10.6 Å². The molecule has 0 saturated carbocycles. The molecule has 8 heteroatoms. The summed E-state index contributed by atoms with van der Waals surface area (Å²) in [5, 5.41) is 9.83. The third-order valence-electron chi connectivity index (χ3n) is 3.81. The van der Waals surface area contributed by atoms with Crippen LogP contribution in [-0.4, -0.2) is 47.6 Å². The predicted molar refractivity (Wildman–Crippen MR) is 80.1 cm³/mol. The fourth-order valence-corrected chi connectivity index (χ4v) is 2.42. The van der Waals surface area contributed by atoms with Crippen molar-refractivity contribution in [3.05, 3.63) is 47.4 Å². The van der Waals surface area contributed by atoms with Crippen LogP contribution in [0.2, 0.25) is 0 Å². The topological polar surface area (TPSA) is 83.3 Å². The zero-order valence-electron chi connectivity index (χ0n) is 12.8. The van der Waals surface area contributed by atoms with Gasteiger partial charge in [0.05, 0.1) is 6.04 Å². The van der Waals surface area contributed by atoms with E-state index in [1.165, 1.54) is 12.1 Å². The van der Waals surface area contributed by atoms with Crippen LogP contribution in [0.5, 0.6) is 0 Å². The van der Waals surface area contributed by atoms with Crippen LogP contribution in [0.3, 0.4) is 0 Å². The molecule has 1 aliphatic rings. The Morgan fingerprint density at radius 1 is 1.48 bits per heavy atom. The third kappa shape index (κ3) is 3.72. The second-order valence-corrected chi connectivity index (χ2v) is 5.47. The number of aromatic nitrogens is 2. The minimum atomic E-state index is -0.445. The lowest BCUT2D eigenvalue weighted by Crippen LogP contribution is -2.44. The van der Waals surface area contributed by atoms with Crippen LogP contribution in [0.15, 0.2) is 28.8 Å². The molecule has 1 unspecified atom stereocenters. The Hall–Kier alpha value is -2.32. The highest BCUT2D eigenvalue weighted by molar-refractivity contribution is 5.89. The number of likely N-dealkylation sites (N-methyl/N-ethyl adjacent to an activating group) is 1. The number of nitrogens with one attached hydrogen (secondary N) is 2. The number of nitrogens with zero attached hydrogens (tertiary/aromatic N) is 3. The van der Waals surface area contributed by atoms with Gasteiger partial charge in [-0.25, -0.2) is 4.39 Å². The molecular weight excluding hydrogens is 301 g/mol. The van der Waals surface area contributed by atoms with Crippen molar-refractivity contribution < 1.29 is 13.7 Å². The summed E-state index contributed by atoms with van der Waals surface area (Å²) < 4.78 is 17.9. The second kappa shape index (κ2) is 6.84. The molecule has 7 nitrogen and oxygen atoms in total. The SMILES string of the molecule is CN1CCNCC1c1noc(C(=O)NCc2ccc(F)cc2)n1. The molecule has 0 spiro atoms. The molecule has 0 radical (unpaired) electrons. The summed E-state index contributed by atoms with van der Waals surface area (Å²) in [7, 11) is 1.98. The number of carbonyl (C=O) groups excluding carboxylic acids is 1. The molecule has 2 N–H and O–H groups in total. The molecule has 1 aliphatic heterocycles. The van der Waals surface area contributed by atoms with Gasteiger partial charge in [-0.2, -0.15) is 4.98 Å². The van der Waals surface area contributed by atoms with Crippen LogP contribution in [-0.2, 0) is 6.54 Å². The molecule has 1 aromatic carbocycles. The zero-order chi connectivity index (χ0) is 16.2. The fourth-order valence-electron chi connectivity index (χ4n) is 2.42. The molecule has 1 atom stereocenters. The number of hydrogen-bond donors (Lipinski definition) is 2. The van der Waals surface area contributed by atoms with E-state index in [0.717, 1.165) is 18.7 Å². The van der Waals surface area contributed by atoms with Gasteiger partial charge >= 0.3 is 11.8 Å². The average molecular weight is 319 g/mol. The highest BCUT2D eigenvalue weighted by atomic mass is 19.1. The molecule has 0 aliphatic carbocycles. The standard InChI is InChI=1S/C15H18FN5O2/c1-21-7-6-17-9-12(21)13-19-15(23-20-13)14(22)18-8-10-2-4-11(16)5-3-10/h2-5,12,17H,6-9H2,1H3,(H,18,22). The normalized spacial score (nSPS) is 18.8. The molecule has 1 amide bonds. The maximum absolute atomic E-state index is 12.8. The fraction of sp³-hybridized carbons (Fsp3) is 0.400. The predicted octanol–water partition coefficient (Wildman–Crippen LogP) is 0.715. The average Bonchev–Trinajstić information content (AvgIpc) is 3.04. The van der Waals surface area contributed by atoms with E-state index in [1.807, 2.05) is 7.05 Å². The minimum Gasteiger partial charge on any atom is -0.344 e. The Morgan fingerprint density at radius 3 is 3.00 bits per heavy atom. The molecule has 122 valence electrons. The highest BCUT2D eigenvalue weighted by Gasteiger charge is 2.26. The highest BCUT2D eigenvalue weighted by Crippen LogP contribution is 2.17. The van der Waals surface area contributed by atoms with Crippen LogP contribution in [0.4, 0.5) is 4.39 Å². The summed E-state index contributed by atoms with van der Waals surface area (Å²) in [6, 6.07) is 5.90. The number of hydrogen-bond acceptors (Lipinski definition) is 6. The first kappa shape index (κ1) is 15.6. The van der Waals surface area contributed by atoms with Crippen LogP contribution in [0, 0.1) is 5.82 Å². The Balaban J connectivity index is 1.60. The van der Waals surface area contributed by atoms with Gasteiger partial charge in [-0.1, -0.05) is 17.3 Å². The van der Waals surface area contributed by atoms with E-state index in [-0.39, 0.29) is 24.3 Å². The summed E-state index contributed by atoms with van der Waals surface area (Å²) in [4.78, 5) is 18.3. The van der Waals surface area contributed by atoms with Gasteiger partial charge in [-0.05, 0) is 24.7 Å². The van der Waals surface area contributed by atoms with Gasteiger partial charge in [-0.3, -0.25) is 9.69 Å². The van der Waals surface area contributed by atoms with Crippen molar-refractivity contribution in [3.63, 3.8) is 0 Å². The van der Waals surface area contributed by atoms with E-state index in [4.69, 9.17) is 4.52 Å². The first-order valence-electron chi connectivity index (χ1n) is 7.40. The van der Waals surface area contributed by atoms with E-state index in [0.29, 0.717) is 12.4 Å². The first-order valence-corrected chi connectivity index (χ1v) is 7.40. The maximum Gasteiger partial charge on any atom is 0.316 e. The molecule has 0 bridgehead atoms. The third-order valence-corrected chi connectivity index (χ3v) is 3.81. The van der Waals surface area contributed by atoms with Crippen molar-refractivity contribution in [3.8, 4) is 0 Å². The molecule has 1 aromatic heterocycles. The second-order valence-electron chi connectivity index (χ2n) is 5.47. The minimum absolute atomic E-state index is 0.00820. The zero-order valence-corrected chi connectivity index (χ0v) is 12.8. The number of piperazine rings is 1. The Labute approximate surface area is 132 Å². The van der Waals surface area contributed by atoms with E-state index in [9.17, 15) is 9.18 Å². The van der Waals surface area contributed by atoms with Gasteiger partial charge in [0.25, 0.3) is 0 Å². The van der Waals surface area contributed by atoms with Crippen molar-refractivity contribution in [1.82, 2.24) is 25.7 Å². The van der Waals surface area contributed by atoms with Crippen LogP contribution in [0.25, 0.3) is 0 Å². The largest absolute Gasteiger partial charge is 0.344 e. The summed E-state index contributed by atoms with van der Waals surface area (Å²) in [5.74, 6) is -0.334. The molecule has 2 aromatic rings. The monoisotopic (exact) mass is 319 g/mol. The van der Waals surface area contributed by atoms with Gasteiger partial charge in [0, 0.05) is 26.2 Å². The summed E-state index contributed by atoms with van der Waals surface area (Å²) in [6.07, 6.45) is 0. The maximum atomic E-state index is 12.8. The molecule has 3 rings (SSSR count). The number of carbonyl (C=O) groups is 1. The lowest BCUT2D eigenvalue weighted by molar-refractivity contribution is 0.0907. The van der Waals surface area contributed by atoms with E-state index in [2.05, 4.69) is 25.7 Å². The first-order chi connectivity index (χ1) is 11.1. The quantitative estimate of drug-likeness (QED) is 0.864. The van der Waals surface area contributed by atoms with Crippen LogP contribution in [0.1, 0.15) is 28.1 Å². The summed E-state index contributed by atoms with van der Waals surface area (Å²) in [5.41, 5.74) is 0.788. The van der Waals surface area contributed by atoms with Crippen molar-refractivity contribution in [2.24, 2.45) is 0 Å². The lowest BCUT2D eigenvalue weighted by atomic mass is 10.2. The molecular formula is C15H18FN5O2. The molecule has 1 saturated heterocycles. The van der Waals surface area contributed by atoms with E-state index < -0.39 is 5.91 Å². The Bertz CT molecular complexity index is 673. The van der Waals surface area contributed by atoms with Gasteiger partial charge in [0.15, 0.2) is 5.82 Å². The van der Waals surface area contributed by atoms with Crippen molar-refractivity contribution >= 4 is 5.91 Å². The van der Waals surface area contributed by atoms with Crippen molar-refractivity contribution in [2.75, 3.05) is 26.7 Å². The molecule has 2 heterocycles. The lowest BCUT2D eigenvalue weighted by Gasteiger charge is -2.30. The molecule has 1 fully saturated rings. The number of halogens is 1. The van der Waals surface area contributed by atoms with Gasteiger partial charge < -0.3 is 15.2 Å². The number of rotatable bonds is 4.